The summed E-state index contributed by atoms with van der Waals surface area (Å²) in [5.74, 6) is -0.561. The van der Waals surface area contributed by atoms with Crippen molar-refractivity contribution in [3.05, 3.63) is 66.2 Å². The van der Waals surface area contributed by atoms with Gasteiger partial charge < -0.3 is 14.8 Å². The molecule has 0 fully saturated rings. The van der Waals surface area contributed by atoms with E-state index < -0.39 is 11.5 Å². The van der Waals surface area contributed by atoms with Crippen molar-refractivity contribution in [2.24, 2.45) is 0 Å². The first-order valence-corrected chi connectivity index (χ1v) is 8.73. The Morgan fingerprint density at radius 2 is 1.77 bits per heavy atom. The quantitative estimate of drug-likeness (QED) is 0.518. The highest BCUT2D eigenvalue weighted by molar-refractivity contribution is 5.88. The number of nitriles is 1. The topological polar surface area (TPSA) is 71.4 Å². The lowest BCUT2D eigenvalue weighted by atomic mass is 9.94. The fourth-order valence-corrected chi connectivity index (χ4v) is 2.57. The van der Waals surface area contributed by atoms with Crippen molar-refractivity contribution in [3.63, 3.8) is 0 Å². The Balaban J connectivity index is 1.95. The van der Waals surface area contributed by atoms with Crippen LogP contribution in [-0.4, -0.2) is 24.7 Å². The molecule has 136 valence electrons. The molecule has 26 heavy (non-hydrogen) atoms. The zero-order chi connectivity index (χ0) is 18.7. The van der Waals surface area contributed by atoms with Gasteiger partial charge in [0.15, 0.2) is 0 Å². The fourth-order valence-electron chi connectivity index (χ4n) is 2.57. The lowest BCUT2D eigenvalue weighted by molar-refractivity contribution is -0.146. The number of carbonyl (C=O) groups excluding carboxylic acids is 1. The van der Waals surface area contributed by atoms with Crippen LogP contribution in [0.4, 0.5) is 5.69 Å². The SMILES string of the molecule is CCOC(=O)C(C#N)(CCCOCc1ccccc1)Nc1ccccc1. The van der Waals surface area contributed by atoms with Crippen LogP contribution >= 0.6 is 0 Å². The molecule has 2 rings (SSSR count). The number of anilines is 1. The molecule has 0 saturated carbocycles. The van der Waals surface area contributed by atoms with Crippen LogP contribution in [0.25, 0.3) is 0 Å². The molecule has 0 aliphatic heterocycles. The molecular weight excluding hydrogens is 328 g/mol. The number of benzene rings is 2. The summed E-state index contributed by atoms with van der Waals surface area (Å²) in [5, 5.41) is 12.8. The number of hydrogen-bond acceptors (Lipinski definition) is 5. The predicted octanol–water partition coefficient (Wildman–Crippen LogP) is 3.92. The Morgan fingerprint density at radius 3 is 2.38 bits per heavy atom. The largest absolute Gasteiger partial charge is 0.463 e. The Bertz CT molecular complexity index is 713. The molecule has 5 heteroatoms. The zero-order valence-corrected chi connectivity index (χ0v) is 15.0. The van der Waals surface area contributed by atoms with Gasteiger partial charge in [-0.2, -0.15) is 5.26 Å². The van der Waals surface area contributed by atoms with Gasteiger partial charge in [0, 0.05) is 12.3 Å². The lowest BCUT2D eigenvalue weighted by Crippen LogP contribution is -2.46. The summed E-state index contributed by atoms with van der Waals surface area (Å²) in [6, 6.07) is 21.2. The number of para-hydroxylation sites is 1. The lowest BCUT2D eigenvalue weighted by Gasteiger charge is -2.26. The van der Waals surface area contributed by atoms with Gasteiger partial charge in [-0.3, -0.25) is 0 Å². The first kappa shape index (κ1) is 19.5. The van der Waals surface area contributed by atoms with Crippen molar-refractivity contribution < 1.29 is 14.3 Å². The van der Waals surface area contributed by atoms with E-state index in [4.69, 9.17) is 9.47 Å². The normalized spacial score (nSPS) is 12.6. The minimum atomic E-state index is -1.42. The molecule has 5 nitrogen and oxygen atoms in total. The zero-order valence-electron chi connectivity index (χ0n) is 15.0. The van der Waals surface area contributed by atoms with Crippen molar-refractivity contribution in [2.75, 3.05) is 18.5 Å². The minimum Gasteiger partial charge on any atom is -0.463 e. The van der Waals surface area contributed by atoms with Crippen molar-refractivity contribution in [2.45, 2.75) is 31.9 Å². The average Bonchev–Trinajstić information content (AvgIpc) is 2.68. The Hall–Kier alpha value is -2.84. The van der Waals surface area contributed by atoms with Crippen LogP contribution in [0.2, 0.25) is 0 Å². The van der Waals surface area contributed by atoms with Crippen LogP contribution in [0.15, 0.2) is 60.7 Å². The highest BCUT2D eigenvalue weighted by Crippen LogP contribution is 2.22. The Morgan fingerprint density at radius 1 is 1.12 bits per heavy atom. The van der Waals surface area contributed by atoms with Gasteiger partial charge in [-0.25, -0.2) is 4.79 Å². The van der Waals surface area contributed by atoms with Crippen LogP contribution in [-0.2, 0) is 20.9 Å². The molecular formula is C21H24N2O3. The van der Waals surface area contributed by atoms with Crippen molar-refractivity contribution in [1.82, 2.24) is 0 Å². The molecule has 0 spiro atoms. The molecule has 0 saturated heterocycles. The summed E-state index contributed by atoms with van der Waals surface area (Å²) in [5.41, 5.74) is 0.368. The summed E-state index contributed by atoms with van der Waals surface area (Å²) in [6.45, 7) is 2.91. The summed E-state index contributed by atoms with van der Waals surface area (Å²) in [4.78, 5) is 12.4. The molecule has 2 aromatic rings. The van der Waals surface area contributed by atoms with E-state index in [2.05, 4.69) is 11.4 Å². The maximum absolute atomic E-state index is 12.4. The second-order valence-electron chi connectivity index (χ2n) is 5.87. The molecule has 0 aliphatic rings. The van der Waals surface area contributed by atoms with Gasteiger partial charge in [-0.15, -0.1) is 0 Å². The molecule has 0 radical (unpaired) electrons. The maximum atomic E-state index is 12.4. The van der Waals surface area contributed by atoms with Crippen molar-refractivity contribution in [3.8, 4) is 6.07 Å². The number of rotatable bonds is 10. The second kappa shape index (κ2) is 10.2. The standard InChI is InChI=1S/C21H24N2O3/c1-2-26-20(24)21(17-22,23-19-12-7-4-8-13-19)14-9-15-25-16-18-10-5-3-6-11-18/h3-8,10-13,23H,2,9,14-16H2,1H3. The van der Waals surface area contributed by atoms with Gasteiger partial charge in [0.1, 0.15) is 6.07 Å². The third-order valence-electron chi connectivity index (χ3n) is 3.90. The molecule has 0 amide bonds. The van der Waals surface area contributed by atoms with E-state index in [-0.39, 0.29) is 6.61 Å². The van der Waals surface area contributed by atoms with E-state index in [0.717, 1.165) is 5.56 Å². The number of carbonyl (C=O) groups is 1. The number of esters is 1. The molecule has 1 unspecified atom stereocenters. The third-order valence-corrected chi connectivity index (χ3v) is 3.90. The molecule has 0 heterocycles. The Labute approximate surface area is 154 Å². The van der Waals surface area contributed by atoms with Gasteiger partial charge in [0.05, 0.1) is 13.2 Å². The minimum absolute atomic E-state index is 0.225. The van der Waals surface area contributed by atoms with Gasteiger partial charge in [0.25, 0.3) is 0 Å². The first-order chi connectivity index (χ1) is 12.7. The molecule has 0 aromatic heterocycles. The highest BCUT2D eigenvalue weighted by Gasteiger charge is 2.40. The van der Waals surface area contributed by atoms with Crippen LogP contribution < -0.4 is 5.32 Å². The van der Waals surface area contributed by atoms with E-state index in [1.54, 1.807) is 6.92 Å². The maximum Gasteiger partial charge on any atom is 0.346 e. The summed E-state index contributed by atoms with van der Waals surface area (Å²) in [6.07, 6.45) is 0.852. The second-order valence-corrected chi connectivity index (χ2v) is 5.87. The Kier molecular flexibility index (Phi) is 7.66. The van der Waals surface area contributed by atoms with E-state index in [1.807, 2.05) is 60.7 Å². The van der Waals surface area contributed by atoms with E-state index in [1.165, 1.54) is 0 Å². The van der Waals surface area contributed by atoms with Crippen LogP contribution in [0.3, 0.4) is 0 Å². The van der Waals surface area contributed by atoms with E-state index in [0.29, 0.717) is 31.7 Å². The van der Waals surface area contributed by atoms with Crippen LogP contribution in [0.5, 0.6) is 0 Å². The van der Waals surface area contributed by atoms with E-state index >= 15 is 0 Å². The number of ether oxygens (including phenoxy) is 2. The van der Waals surface area contributed by atoms with Gasteiger partial charge in [-0.05, 0) is 37.5 Å². The predicted molar refractivity (Wildman–Crippen MR) is 100 cm³/mol. The summed E-state index contributed by atoms with van der Waals surface area (Å²) < 4.78 is 10.8. The van der Waals surface area contributed by atoms with Crippen LogP contribution in [0.1, 0.15) is 25.3 Å². The monoisotopic (exact) mass is 352 g/mol. The smallest absolute Gasteiger partial charge is 0.346 e. The molecule has 2 aromatic carbocycles. The van der Waals surface area contributed by atoms with E-state index in [9.17, 15) is 10.1 Å². The summed E-state index contributed by atoms with van der Waals surface area (Å²) >= 11 is 0. The van der Waals surface area contributed by atoms with Crippen LogP contribution in [0, 0.1) is 11.3 Å². The number of nitrogens with zero attached hydrogens (tertiary/aromatic N) is 1. The highest BCUT2D eigenvalue weighted by atomic mass is 16.5. The fraction of sp³-hybridized carbons (Fsp3) is 0.333. The van der Waals surface area contributed by atoms with Gasteiger partial charge >= 0.3 is 5.97 Å². The molecule has 1 N–H and O–H groups in total. The molecule has 0 bridgehead atoms. The number of nitrogens with one attached hydrogen (secondary N) is 1. The third kappa shape index (κ3) is 5.61. The van der Waals surface area contributed by atoms with Gasteiger partial charge in [-0.1, -0.05) is 48.5 Å². The van der Waals surface area contributed by atoms with Crippen molar-refractivity contribution >= 4 is 11.7 Å². The first-order valence-electron chi connectivity index (χ1n) is 8.73. The summed E-state index contributed by atoms with van der Waals surface area (Å²) in [7, 11) is 0. The van der Waals surface area contributed by atoms with Gasteiger partial charge in [0.2, 0.25) is 5.54 Å². The molecule has 1 atom stereocenters. The number of hydrogen-bond donors (Lipinski definition) is 1. The van der Waals surface area contributed by atoms with Crippen molar-refractivity contribution in [1.29, 1.82) is 5.26 Å². The average molecular weight is 352 g/mol. The molecule has 0 aliphatic carbocycles.